The van der Waals surface area contributed by atoms with E-state index in [9.17, 15) is 9.18 Å². The summed E-state index contributed by atoms with van der Waals surface area (Å²) in [6.07, 6.45) is 12.7. The van der Waals surface area contributed by atoms with E-state index in [1.165, 1.54) is 42.5 Å². The van der Waals surface area contributed by atoms with Crippen LogP contribution in [0.15, 0.2) is 84.9 Å². The number of hydrogen-bond acceptors (Lipinski definition) is 4. The van der Waals surface area contributed by atoms with E-state index in [1.807, 2.05) is 46.8 Å². The first-order chi connectivity index (χ1) is 23.2. The minimum absolute atomic E-state index is 0.0857. The van der Waals surface area contributed by atoms with Crippen LogP contribution in [0.1, 0.15) is 130 Å². The molecule has 4 nitrogen and oxygen atoms in total. The summed E-state index contributed by atoms with van der Waals surface area (Å²) in [6.45, 7) is 39.0. The van der Waals surface area contributed by atoms with Crippen LogP contribution in [0.4, 0.5) is 10.1 Å². The molecule has 1 N–H and O–H groups in total. The van der Waals surface area contributed by atoms with Crippen molar-refractivity contribution in [1.29, 1.82) is 0 Å². The second kappa shape index (κ2) is 23.3. The van der Waals surface area contributed by atoms with Crippen LogP contribution in [0.3, 0.4) is 0 Å². The fraction of sp³-hybridized carbons (Fsp3) is 0.568. The van der Waals surface area contributed by atoms with Crippen LogP contribution in [0, 0.1) is 11.8 Å². The predicted molar refractivity (Wildman–Crippen MR) is 215 cm³/mol. The second-order valence-electron chi connectivity index (χ2n) is 13.9. The van der Waals surface area contributed by atoms with Gasteiger partial charge < -0.3 is 10.2 Å². The van der Waals surface area contributed by atoms with Gasteiger partial charge in [0.2, 0.25) is 0 Å². The molecule has 1 aliphatic carbocycles. The highest BCUT2D eigenvalue weighted by molar-refractivity contribution is 5.99. The summed E-state index contributed by atoms with van der Waals surface area (Å²) in [5.74, 6) is 1.22. The van der Waals surface area contributed by atoms with Gasteiger partial charge in [-0.2, -0.15) is 0 Å². The first-order valence-corrected chi connectivity index (χ1v) is 18.8. The lowest BCUT2D eigenvalue weighted by Gasteiger charge is -2.37. The number of nitrogens with zero attached hydrogens (tertiary/aromatic N) is 2. The number of nitrogens with one attached hydrogen (secondary N) is 1. The Morgan fingerprint density at radius 3 is 2.10 bits per heavy atom. The summed E-state index contributed by atoms with van der Waals surface area (Å²) >= 11 is 0. The summed E-state index contributed by atoms with van der Waals surface area (Å²) in [5, 5.41) is 3.31. The maximum Gasteiger partial charge on any atom is 0.160 e. The number of anilines is 1. The van der Waals surface area contributed by atoms with E-state index in [2.05, 4.69) is 74.3 Å². The van der Waals surface area contributed by atoms with Gasteiger partial charge in [-0.15, -0.1) is 0 Å². The molecule has 2 fully saturated rings. The number of rotatable bonds is 15. The summed E-state index contributed by atoms with van der Waals surface area (Å²) in [4.78, 5) is 17.0. The molecule has 1 heterocycles. The van der Waals surface area contributed by atoms with Gasteiger partial charge in [-0.25, -0.2) is 4.39 Å². The largest absolute Gasteiger partial charge is 0.380 e. The van der Waals surface area contributed by atoms with E-state index in [0.29, 0.717) is 17.7 Å². The predicted octanol–water partition coefficient (Wildman–Crippen LogP) is 11.9. The molecule has 1 aliphatic heterocycles. The fourth-order valence-electron chi connectivity index (χ4n) is 6.11. The maximum absolute atomic E-state index is 14.3. The molecule has 0 bridgehead atoms. The molecule has 0 aromatic heterocycles. The Balaban J connectivity index is 0.000000786. The number of Topliss-reactive ketones (excluding diaryl/α,β-unsaturated/α-hetero) is 1. The monoisotopic (exact) mass is 676 g/mol. The number of carbonyl (C=O) groups excluding carboxylic acids is 1. The van der Waals surface area contributed by atoms with E-state index < -0.39 is 0 Å². The number of allylic oxidation sites excluding steroid dienone is 7. The minimum atomic E-state index is -0.266. The first-order valence-electron chi connectivity index (χ1n) is 18.8. The second-order valence-corrected chi connectivity index (χ2v) is 13.9. The molecule has 274 valence electrons. The van der Waals surface area contributed by atoms with Gasteiger partial charge in [0.05, 0.1) is 5.70 Å². The Labute approximate surface area is 301 Å². The molecule has 0 radical (unpaired) electrons. The van der Waals surface area contributed by atoms with Crippen molar-refractivity contribution in [3.8, 4) is 0 Å². The zero-order chi connectivity index (χ0) is 37.1. The number of piperazine rings is 1. The quantitative estimate of drug-likeness (QED) is 0.114. The molecule has 2 aliphatic rings. The van der Waals surface area contributed by atoms with Crippen LogP contribution < -0.4 is 10.2 Å². The third kappa shape index (κ3) is 15.9. The molecule has 1 saturated heterocycles. The fourth-order valence-corrected chi connectivity index (χ4v) is 6.11. The van der Waals surface area contributed by atoms with Gasteiger partial charge >= 0.3 is 0 Å². The van der Waals surface area contributed by atoms with Crippen LogP contribution >= 0.6 is 0 Å². The zero-order valence-electron chi connectivity index (χ0n) is 32.8. The van der Waals surface area contributed by atoms with Gasteiger partial charge in [0.15, 0.2) is 5.78 Å². The highest BCUT2D eigenvalue weighted by Gasteiger charge is 2.24. The van der Waals surface area contributed by atoms with Crippen LogP contribution in [0.25, 0.3) is 5.57 Å². The molecule has 49 heavy (non-hydrogen) atoms. The van der Waals surface area contributed by atoms with Gasteiger partial charge in [-0.05, 0) is 134 Å². The van der Waals surface area contributed by atoms with Gasteiger partial charge in [0, 0.05) is 43.5 Å². The van der Waals surface area contributed by atoms with Gasteiger partial charge in [0.25, 0.3) is 0 Å². The Bertz CT molecular complexity index is 1290. The summed E-state index contributed by atoms with van der Waals surface area (Å²) < 4.78 is 14.3. The molecular weight excluding hydrogens is 606 g/mol. The number of benzene rings is 1. The molecule has 1 unspecified atom stereocenters. The smallest absolute Gasteiger partial charge is 0.160 e. The first kappa shape index (κ1) is 43.8. The lowest BCUT2D eigenvalue weighted by molar-refractivity contribution is 0.101. The van der Waals surface area contributed by atoms with Crippen LogP contribution in [0.5, 0.6) is 0 Å². The van der Waals surface area contributed by atoms with Crippen LogP contribution in [0.2, 0.25) is 0 Å². The lowest BCUT2D eigenvalue weighted by atomic mass is 9.84. The summed E-state index contributed by atoms with van der Waals surface area (Å²) in [6, 6.07) is 6.46. The van der Waals surface area contributed by atoms with E-state index >= 15 is 0 Å². The van der Waals surface area contributed by atoms with Gasteiger partial charge in [-0.3, -0.25) is 9.69 Å². The Kier molecular flexibility index (Phi) is 20.8. The number of hydrogen-bond donors (Lipinski definition) is 1. The number of ketones is 1. The van der Waals surface area contributed by atoms with E-state index in [0.717, 1.165) is 86.6 Å². The number of halogens is 1. The zero-order valence-corrected chi connectivity index (χ0v) is 32.8. The average molecular weight is 676 g/mol. The maximum atomic E-state index is 14.3. The van der Waals surface area contributed by atoms with E-state index in [1.54, 1.807) is 13.0 Å². The van der Waals surface area contributed by atoms with Crippen LogP contribution in [-0.4, -0.2) is 49.4 Å². The van der Waals surface area contributed by atoms with Crippen molar-refractivity contribution in [2.24, 2.45) is 11.8 Å². The molecule has 1 saturated carbocycles. The molecule has 1 aromatic carbocycles. The van der Waals surface area contributed by atoms with Crippen LogP contribution in [-0.2, 0) is 0 Å². The third-order valence-electron chi connectivity index (χ3n) is 10.0. The topological polar surface area (TPSA) is 35.6 Å². The van der Waals surface area contributed by atoms with Crippen molar-refractivity contribution in [2.75, 3.05) is 37.6 Å². The third-order valence-corrected chi connectivity index (χ3v) is 10.0. The SMILES string of the molecule is C=C(CC)CCC(C)C(=C)C.C=C(NC1CCC(CCN2CCN(c3ccc(C(C)=O)c(C(=C)C)c3)CC2)CC1)/C(F)=C\C(C)=C/C.CC. The van der Waals surface area contributed by atoms with Crippen molar-refractivity contribution < 1.29 is 9.18 Å². The standard InChI is InChI=1S/C31H44FN3O.C11H20.C2H6/c1-7-23(4)20-31(32)24(5)33-27-10-8-26(9-11-27)14-15-34-16-18-35(19-17-34)28-12-13-29(25(6)36)30(21-28)22(2)3;1-6-10(4)7-8-11(5)9(2)3;1-2/h7,12-13,20-21,26-27,33H,2,5,8-11,14-19H2,1,3-4,6H3;11H,2,4,6-8H2,1,3,5H3;1-2H3/b23-7-,31-20+;;. The molecule has 1 atom stereocenters. The van der Waals surface area contributed by atoms with E-state index in [4.69, 9.17) is 0 Å². The molecular formula is C44H70FN3O. The van der Waals surface area contributed by atoms with Crippen molar-refractivity contribution in [3.63, 3.8) is 0 Å². The van der Waals surface area contributed by atoms with Gasteiger partial charge in [-0.1, -0.05) is 82.4 Å². The normalized spacial score (nSPS) is 19.0. The Morgan fingerprint density at radius 1 is 0.980 bits per heavy atom. The summed E-state index contributed by atoms with van der Waals surface area (Å²) in [5.41, 5.74) is 7.78. The highest BCUT2D eigenvalue weighted by atomic mass is 19.1. The lowest BCUT2D eigenvalue weighted by Crippen LogP contribution is -2.47. The number of carbonyl (C=O) groups is 1. The van der Waals surface area contributed by atoms with Crippen molar-refractivity contribution in [3.05, 3.63) is 96.0 Å². The highest BCUT2D eigenvalue weighted by Crippen LogP contribution is 2.29. The van der Waals surface area contributed by atoms with Gasteiger partial charge in [0.1, 0.15) is 5.83 Å². The molecule has 0 spiro atoms. The summed E-state index contributed by atoms with van der Waals surface area (Å²) in [7, 11) is 0. The molecule has 3 rings (SSSR count). The molecule has 0 amide bonds. The van der Waals surface area contributed by atoms with Crippen molar-refractivity contribution in [1.82, 2.24) is 10.2 Å². The van der Waals surface area contributed by atoms with E-state index in [-0.39, 0.29) is 11.6 Å². The molecule has 5 heteroatoms. The minimum Gasteiger partial charge on any atom is -0.380 e. The Hall–Kier alpha value is -3.18. The Morgan fingerprint density at radius 2 is 1.59 bits per heavy atom. The average Bonchev–Trinajstić information content (AvgIpc) is 3.10. The van der Waals surface area contributed by atoms with Crippen molar-refractivity contribution >= 4 is 17.0 Å². The van der Waals surface area contributed by atoms with Crippen molar-refractivity contribution in [2.45, 2.75) is 120 Å². The molecule has 1 aromatic rings.